The molecule has 7 aromatic carbocycles. The molecule has 0 atom stereocenters. The van der Waals surface area contributed by atoms with Crippen molar-refractivity contribution in [1.29, 1.82) is 0 Å². The number of fused-ring (bicyclic) bond motifs is 2. The number of aromatic carboxylic acids is 1. The number of carboxylic acid groups (broad SMARTS) is 1. The van der Waals surface area contributed by atoms with E-state index in [1.165, 1.54) is 6.92 Å². The highest BCUT2D eigenvalue weighted by molar-refractivity contribution is 7.87. The number of aromatic hydroxyl groups is 3. The van der Waals surface area contributed by atoms with E-state index in [1.54, 1.807) is 0 Å². The minimum Gasteiger partial charge on any atom is -0.505 e. The molecule has 0 radical (unpaired) electrons. The average Bonchev–Trinajstić information content (AvgIpc) is 1.31. The van der Waals surface area contributed by atoms with Gasteiger partial charge in [0.15, 0.2) is 17.2 Å². The van der Waals surface area contributed by atoms with Gasteiger partial charge >= 0.3 is 16.6 Å². The molecule has 1 heterocycles. The molecule has 0 bridgehead atoms. The Hall–Kier alpha value is -9.80. The van der Waals surface area contributed by atoms with Crippen molar-refractivity contribution in [2.45, 2.75) is 31.4 Å². The van der Waals surface area contributed by atoms with Crippen LogP contribution in [0.2, 0.25) is 5.02 Å². The van der Waals surface area contributed by atoms with E-state index < -0.39 is 198 Å². The summed E-state index contributed by atoms with van der Waals surface area (Å²) in [5, 5.41) is 85.3. The zero-order chi connectivity index (χ0) is 64.8. The number of hydrogen-bond acceptors (Lipinski definition) is 29. The van der Waals surface area contributed by atoms with E-state index in [4.69, 9.17) is 30.0 Å². The first kappa shape index (κ1) is 64.8. The fourth-order valence-corrected chi connectivity index (χ4v) is 11.2. The van der Waals surface area contributed by atoms with Crippen molar-refractivity contribution in [3.63, 3.8) is 0 Å². The molecule has 0 unspecified atom stereocenters. The molecule has 8 rings (SSSR count). The average molecular weight is 1340 g/mol. The molecule has 0 aliphatic rings. The third kappa shape index (κ3) is 14.0. The van der Waals surface area contributed by atoms with E-state index >= 15 is 0 Å². The summed E-state index contributed by atoms with van der Waals surface area (Å²) < 4.78 is 202. The van der Waals surface area contributed by atoms with Gasteiger partial charge in [0, 0.05) is 28.3 Å². The number of non-ortho nitro benzene ring substituents is 1. The van der Waals surface area contributed by atoms with Gasteiger partial charge in [0.2, 0.25) is 5.88 Å². The smallest absolute Gasteiger partial charge is 0.425 e. The lowest BCUT2D eigenvalue weighted by Crippen LogP contribution is -2.03. The van der Waals surface area contributed by atoms with E-state index in [0.717, 1.165) is 66.7 Å². The van der Waals surface area contributed by atoms with Gasteiger partial charge in [-0.25, -0.2) is 4.79 Å². The number of phenolic OH excluding ortho intramolecular Hbond substituents is 2. The number of nitrogens with zero attached hydrogens (tertiary/aromatic N) is 11. The lowest BCUT2D eigenvalue weighted by Gasteiger charge is -2.13. The first-order valence-corrected chi connectivity index (χ1v) is 30.7. The second kappa shape index (κ2) is 23.9. The largest absolute Gasteiger partial charge is 0.505 e. The van der Waals surface area contributed by atoms with Crippen LogP contribution in [0.1, 0.15) is 16.1 Å². The maximum atomic E-state index is 13.1. The molecule has 0 saturated heterocycles. The Balaban J connectivity index is 0.00000262. The van der Waals surface area contributed by atoms with Crippen molar-refractivity contribution in [2.24, 2.45) is 40.9 Å². The summed E-state index contributed by atoms with van der Waals surface area (Å²) in [6.45, 7) is 1.28. The number of aryl methyl sites for hydroxylation is 1. The Labute approximate surface area is 490 Å². The fourth-order valence-electron chi connectivity index (χ4n) is 7.65. The molecule has 8 aromatic rings. The van der Waals surface area contributed by atoms with Crippen molar-refractivity contribution in [2.75, 3.05) is 5.73 Å². The highest BCUT2D eigenvalue weighted by atomic mass is 35.5. The van der Waals surface area contributed by atoms with Crippen molar-refractivity contribution < 1.29 is 108 Å². The van der Waals surface area contributed by atoms with Crippen molar-refractivity contribution in [1.82, 2.24) is 9.78 Å². The summed E-state index contributed by atoms with van der Waals surface area (Å²) >= 11 is 6.17. The lowest BCUT2D eigenvalue weighted by molar-refractivity contribution is -0.384. The van der Waals surface area contributed by atoms with E-state index in [2.05, 4.69) is 46.0 Å². The fraction of sp³-hybridized carbons (Fsp3) is 0.0233. The zero-order valence-corrected chi connectivity index (χ0v) is 47.7. The number of nitro groups is 1. The van der Waals surface area contributed by atoms with Gasteiger partial charge in [-0.3, -0.25) is 32.9 Å². The second-order valence-corrected chi connectivity index (χ2v) is 24.6. The van der Waals surface area contributed by atoms with Gasteiger partial charge in [-0.1, -0.05) is 17.7 Å². The number of carbonyl (C=O) groups is 1. The second-order valence-electron chi connectivity index (χ2n) is 16.8. The first-order valence-electron chi connectivity index (χ1n) is 22.2. The highest BCUT2D eigenvalue weighted by Gasteiger charge is 2.30. The Morgan fingerprint density at radius 1 is 0.586 bits per heavy atom. The maximum absolute atomic E-state index is 13.1. The van der Waals surface area contributed by atoms with Crippen LogP contribution in [0.3, 0.4) is 0 Å². The van der Waals surface area contributed by atoms with E-state index in [1.807, 2.05) is 0 Å². The minimum atomic E-state index is -5.66. The van der Waals surface area contributed by atoms with Crippen LogP contribution in [-0.4, -0.2) is 119 Å². The predicted octanol–water partition coefficient (Wildman–Crippen LogP) is 8.34. The number of halogens is 1. The maximum Gasteiger partial charge on any atom is 0.425 e. The van der Waals surface area contributed by atoms with Crippen molar-refractivity contribution in [3.05, 3.63) is 117 Å². The SMILES string of the molecule is Cc1nn(-c2cc(S(=O)(=O)O)ccc2Cl)c(O)c1N=Nc1ccc(N=Nc2c(S(=O)(=O)O)cc3c(S(=O)(=O)O)c(N=Nc4cc(S(=O)(=O)O)c5ccc(N=Nc6ccc([N+](=O)[O-])cc6C(=O)O)c(O)c5c4N)ccc3c2O)cc1S(=O)(=O)O.O=S(=O)=O. The number of nitro benzene ring substituents is 1. The predicted molar refractivity (Wildman–Crippen MR) is 293 cm³/mol. The number of azo groups is 4. The Bertz CT molecular complexity index is 5180. The molecule has 0 amide bonds. The number of aromatic nitrogens is 2. The molecule has 44 heteroatoms. The molecule has 0 aliphatic heterocycles. The number of carboxylic acids is 1. The number of nitrogens with two attached hydrogens (primary N) is 1. The third-order valence-corrected chi connectivity index (χ3v) is 16.1. The normalized spacial score (nSPS) is 12.6. The number of hydrogen-bond donors (Lipinski definition) is 10. The standard InChI is InChI=1S/C43H29ClN12O22S5.O3S/c1-17-37(42(59)55(54-17)31-14-20(79(64,65)66)4-7-25(31)44)52-48-27-8-2-18(12-33(27)81(70,71)72)46-53-38-34(82(73,74)75)15-23-21(39(38)57)5-11-29(41(23)83(76,77)78)50-51-30-16-32(80(67,68)69)22-6-10-28(40(58)35(22)36(30)45)49-47-26-9-3-19(56(62)63)13-24(26)43(60)61;1-4(2)3/h2-16,57-59H,45H2,1H3,(H,60,61)(H,64,65,66)(H,67,68,69)(H,70,71,72)(H,73,74,75)(H,76,77,78);. The first-order chi connectivity index (χ1) is 40.2. The molecule has 11 N–H and O–H groups in total. The summed E-state index contributed by atoms with van der Waals surface area (Å²) in [4.78, 5) is 16.6. The zero-order valence-electron chi connectivity index (χ0n) is 42.0. The molecule has 0 aliphatic carbocycles. The monoisotopic (exact) mass is 1340 g/mol. The van der Waals surface area contributed by atoms with Crippen LogP contribution in [0.4, 0.5) is 56.9 Å². The summed E-state index contributed by atoms with van der Waals surface area (Å²) in [7, 11) is -29.8. The van der Waals surface area contributed by atoms with Gasteiger partial charge in [0.1, 0.15) is 53.7 Å². The topological polar surface area (TPSA) is 607 Å². The number of anilines is 1. The number of rotatable bonds is 16. The van der Waals surface area contributed by atoms with Gasteiger partial charge in [-0.15, -0.1) is 48.4 Å². The van der Waals surface area contributed by atoms with Gasteiger partial charge in [-0.2, -0.15) is 57.0 Å². The van der Waals surface area contributed by atoms with Crippen LogP contribution in [0.25, 0.3) is 27.2 Å². The molecule has 0 spiro atoms. The van der Waals surface area contributed by atoms with Crippen LogP contribution in [-0.2, 0) is 61.2 Å². The van der Waals surface area contributed by atoms with E-state index in [0.29, 0.717) is 28.9 Å². The van der Waals surface area contributed by atoms with Crippen LogP contribution in [0.15, 0.2) is 156 Å². The summed E-state index contributed by atoms with van der Waals surface area (Å²) in [5.41, 5.74) is -1.63. The summed E-state index contributed by atoms with van der Waals surface area (Å²) in [6, 6.07) is 12.2. The molecule has 454 valence electrons. The van der Waals surface area contributed by atoms with Crippen molar-refractivity contribution >= 4 is 157 Å². The molecule has 87 heavy (non-hydrogen) atoms. The van der Waals surface area contributed by atoms with Crippen LogP contribution in [0.5, 0.6) is 17.4 Å². The Morgan fingerprint density at radius 2 is 1.13 bits per heavy atom. The molecule has 0 saturated carbocycles. The number of nitrogen functional groups attached to an aromatic ring is 1. The quantitative estimate of drug-likeness (QED) is 0.0143. The van der Waals surface area contributed by atoms with Gasteiger partial charge < -0.3 is 26.2 Å². The summed E-state index contributed by atoms with van der Waals surface area (Å²) in [5.74, 6) is -4.78. The molecule has 37 nitrogen and oxygen atoms in total. The molecule has 0 fully saturated rings. The third-order valence-electron chi connectivity index (χ3n) is 11.4. The van der Waals surface area contributed by atoms with Crippen molar-refractivity contribution in [3.8, 4) is 23.1 Å². The summed E-state index contributed by atoms with van der Waals surface area (Å²) in [6.07, 6.45) is 0. The van der Waals surface area contributed by atoms with Gasteiger partial charge in [0.25, 0.3) is 56.3 Å². The molecular formula is C43H29ClN12O25S6. The minimum absolute atomic E-state index is 0.109. The van der Waals surface area contributed by atoms with Crippen LogP contribution < -0.4 is 5.73 Å². The molecule has 1 aromatic heterocycles. The van der Waals surface area contributed by atoms with E-state index in [-0.39, 0.29) is 16.4 Å². The number of benzene rings is 7. The van der Waals surface area contributed by atoms with Crippen LogP contribution >= 0.6 is 11.6 Å². The van der Waals surface area contributed by atoms with E-state index in [9.17, 15) is 100 Å². The Morgan fingerprint density at radius 3 is 1.71 bits per heavy atom. The Kier molecular flexibility index (Phi) is 17.8. The highest BCUT2D eigenvalue weighted by Crippen LogP contribution is 2.49. The number of phenols is 2. The lowest BCUT2D eigenvalue weighted by atomic mass is 10.1. The van der Waals surface area contributed by atoms with Gasteiger partial charge in [0.05, 0.1) is 48.5 Å². The van der Waals surface area contributed by atoms with Crippen LogP contribution in [0, 0.1) is 17.0 Å². The van der Waals surface area contributed by atoms with Gasteiger partial charge in [-0.05, 0) is 79.7 Å². The molecular weight excluding hydrogens is 1310 g/mol.